The second-order valence-electron chi connectivity index (χ2n) is 7.04. The van der Waals surface area contributed by atoms with Crippen molar-refractivity contribution in [2.24, 2.45) is 0 Å². The molecule has 0 radical (unpaired) electrons. The highest BCUT2D eigenvalue weighted by molar-refractivity contribution is 6.31. The summed E-state index contributed by atoms with van der Waals surface area (Å²) in [4.78, 5) is 37.9. The molecule has 0 saturated carbocycles. The van der Waals surface area contributed by atoms with Crippen molar-refractivity contribution in [1.29, 1.82) is 0 Å². The van der Waals surface area contributed by atoms with E-state index in [-0.39, 0.29) is 26.4 Å². The third kappa shape index (κ3) is 4.11. The van der Waals surface area contributed by atoms with Crippen LogP contribution in [-0.2, 0) is 35.2 Å². The average molecular weight is 436 g/mol. The highest BCUT2D eigenvalue weighted by Gasteiger charge is 2.57. The number of carbonyl (C=O) groups excluding carboxylic acids is 3. The van der Waals surface area contributed by atoms with Crippen LogP contribution in [0, 0.1) is 11.6 Å². The number of benzene rings is 1. The highest BCUT2D eigenvalue weighted by Crippen LogP contribution is 2.30. The molecule has 0 aliphatic carbocycles. The fourth-order valence-corrected chi connectivity index (χ4v) is 3.42. The molecule has 4 rings (SSSR count). The predicted molar refractivity (Wildman–Crippen MR) is 97.0 cm³/mol. The van der Waals surface area contributed by atoms with E-state index in [0.29, 0.717) is 17.9 Å². The zero-order valence-corrected chi connectivity index (χ0v) is 16.4. The van der Waals surface area contributed by atoms with E-state index in [2.05, 4.69) is 5.10 Å². The first-order valence-electron chi connectivity index (χ1n) is 9.32. The van der Waals surface area contributed by atoms with Gasteiger partial charge in [0.15, 0.2) is 11.6 Å². The molecule has 0 N–H and O–H groups in total. The maximum Gasteiger partial charge on any atom is 0.422 e. The quantitative estimate of drug-likeness (QED) is 0.495. The van der Waals surface area contributed by atoms with Gasteiger partial charge >= 0.3 is 17.8 Å². The zero-order chi connectivity index (χ0) is 22.2. The smallest absolute Gasteiger partial charge is 0.394 e. The van der Waals surface area contributed by atoms with Crippen LogP contribution in [0.4, 0.5) is 8.78 Å². The van der Waals surface area contributed by atoms with Crippen molar-refractivity contribution in [2.75, 3.05) is 26.4 Å². The fraction of sp³-hybridized carbons (Fsp3) is 0.368. The van der Waals surface area contributed by atoms with Gasteiger partial charge in [0.2, 0.25) is 5.91 Å². The van der Waals surface area contributed by atoms with Gasteiger partial charge in [-0.3, -0.25) is 14.6 Å². The van der Waals surface area contributed by atoms with Gasteiger partial charge < -0.3 is 14.2 Å². The number of nitrogens with zero attached hydrogens (tertiary/aromatic N) is 4. The summed E-state index contributed by atoms with van der Waals surface area (Å²) in [6, 6.07) is 5.11. The van der Waals surface area contributed by atoms with Crippen molar-refractivity contribution < 1.29 is 37.4 Å². The van der Waals surface area contributed by atoms with E-state index in [9.17, 15) is 23.2 Å². The third-order valence-corrected chi connectivity index (χ3v) is 4.86. The number of hydrogen-bond donors (Lipinski definition) is 0. The molecule has 0 bridgehead atoms. The molecular weight excluding hydrogens is 418 g/mol. The number of carbonyl (C=O) groups is 3. The van der Waals surface area contributed by atoms with Gasteiger partial charge in [0.25, 0.3) is 0 Å². The van der Waals surface area contributed by atoms with E-state index >= 15 is 0 Å². The molecule has 1 aromatic heterocycles. The van der Waals surface area contributed by atoms with Gasteiger partial charge in [-0.25, -0.2) is 23.1 Å². The van der Waals surface area contributed by atoms with Gasteiger partial charge in [-0.1, -0.05) is 0 Å². The summed E-state index contributed by atoms with van der Waals surface area (Å²) < 4.78 is 43.6. The Morgan fingerprint density at radius 2 is 1.90 bits per heavy atom. The lowest BCUT2D eigenvalue weighted by Crippen LogP contribution is -2.64. The minimum absolute atomic E-state index is 0.0621. The fourth-order valence-electron chi connectivity index (χ4n) is 3.42. The van der Waals surface area contributed by atoms with Crippen molar-refractivity contribution >= 4 is 17.8 Å². The van der Waals surface area contributed by atoms with E-state index in [4.69, 9.17) is 14.2 Å². The van der Waals surface area contributed by atoms with Crippen molar-refractivity contribution in [3.8, 4) is 5.69 Å². The predicted octanol–water partition coefficient (Wildman–Crippen LogP) is 0.542. The minimum Gasteiger partial charge on any atom is -0.394 e. The summed E-state index contributed by atoms with van der Waals surface area (Å²) in [6.45, 7) is 1.99. The molecule has 2 saturated heterocycles. The number of piperazine rings is 1. The second kappa shape index (κ2) is 8.04. The maximum atomic E-state index is 13.4. The van der Waals surface area contributed by atoms with Crippen LogP contribution in [0.2, 0.25) is 0 Å². The first kappa shape index (κ1) is 20.9. The molecular formula is C19H18F2N4O6. The van der Waals surface area contributed by atoms with Crippen LogP contribution in [0.3, 0.4) is 0 Å². The van der Waals surface area contributed by atoms with Gasteiger partial charge in [0.1, 0.15) is 6.54 Å². The Hall–Kier alpha value is -3.38. The summed E-state index contributed by atoms with van der Waals surface area (Å²) in [7, 11) is 0. The Balaban J connectivity index is 1.35. The first-order valence-corrected chi connectivity index (χ1v) is 9.32. The number of rotatable bonds is 5. The van der Waals surface area contributed by atoms with Crippen LogP contribution in [0.15, 0.2) is 30.5 Å². The topological polar surface area (TPSA) is 103 Å². The molecule has 31 heavy (non-hydrogen) atoms. The number of ether oxygens (including phenoxy) is 3. The number of aromatic nitrogens is 2. The summed E-state index contributed by atoms with van der Waals surface area (Å²) in [5, 5.41) is 4.25. The van der Waals surface area contributed by atoms with Gasteiger partial charge in [-0.2, -0.15) is 5.10 Å². The molecule has 1 aromatic carbocycles. The standard InChI is InChI=1S/C19H18F2N4O6/c1-12(26)24-7-6-23(10-19(24)30-17(27)18(28)31-19)11-29-9-13-4-5-25(22-13)14-2-3-15(20)16(21)8-14/h2-5,8H,6-7,9-11H2,1H3. The van der Waals surface area contributed by atoms with Crippen LogP contribution in [0.1, 0.15) is 12.6 Å². The van der Waals surface area contributed by atoms with Crippen LogP contribution in [0.25, 0.3) is 5.69 Å². The second-order valence-corrected chi connectivity index (χ2v) is 7.04. The van der Waals surface area contributed by atoms with E-state index in [1.165, 1.54) is 22.6 Å². The Kier molecular flexibility index (Phi) is 5.41. The normalized spacial score (nSPS) is 18.4. The van der Waals surface area contributed by atoms with Gasteiger partial charge in [0, 0.05) is 32.3 Å². The Morgan fingerprint density at radius 3 is 2.58 bits per heavy atom. The molecule has 1 spiro atoms. The molecule has 0 unspecified atom stereocenters. The molecule has 164 valence electrons. The van der Waals surface area contributed by atoms with Gasteiger partial charge in [-0.05, 0) is 18.2 Å². The van der Waals surface area contributed by atoms with Crippen LogP contribution in [-0.4, -0.2) is 69.7 Å². The van der Waals surface area contributed by atoms with E-state index in [1.54, 1.807) is 17.2 Å². The van der Waals surface area contributed by atoms with E-state index in [1.807, 2.05) is 0 Å². The molecule has 3 heterocycles. The first-order chi connectivity index (χ1) is 14.8. The zero-order valence-electron chi connectivity index (χ0n) is 16.4. The molecule has 2 aliphatic heterocycles. The number of hydrogen-bond acceptors (Lipinski definition) is 8. The summed E-state index contributed by atoms with van der Waals surface area (Å²) in [5.41, 5.74) is 0.901. The van der Waals surface area contributed by atoms with Crippen molar-refractivity contribution in [2.45, 2.75) is 19.4 Å². The van der Waals surface area contributed by atoms with Crippen molar-refractivity contribution in [1.82, 2.24) is 19.6 Å². The monoisotopic (exact) mass is 436 g/mol. The Morgan fingerprint density at radius 1 is 1.16 bits per heavy atom. The van der Waals surface area contributed by atoms with Gasteiger partial charge in [-0.15, -0.1) is 0 Å². The van der Waals surface area contributed by atoms with E-state index < -0.39 is 35.4 Å². The van der Waals surface area contributed by atoms with Crippen LogP contribution >= 0.6 is 0 Å². The molecule has 2 aliphatic rings. The molecule has 12 heteroatoms. The summed E-state index contributed by atoms with van der Waals surface area (Å²) in [5.74, 6) is -6.42. The number of amides is 1. The number of halogens is 2. The Labute approximate surface area is 174 Å². The molecule has 10 nitrogen and oxygen atoms in total. The molecule has 2 aromatic rings. The Bertz CT molecular complexity index is 1030. The van der Waals surface area contributed by atoms with Crippen LogP contribution < -0.4 is 0 Å². The lowest BCUT2D eigenvalue weighted by atomic mass is 10.2. The molecule has 0 atom stereocenters. The minimum atomic E-state index is -1.80. The SMILES string of the molecule is CC(=O)N1CCN(COCc2ccn(-c3ccc(F)c(F)c3)n2)CC12OC(=O)C(=O)O2. The third-order valence-electron chi connectivity index (χ3n) is 4.86. The van der Waals surface area contributed by atoms with Crippen LogP contribution in [0.5, 0.6) is 0 Å². The lowest BCUT2D eigenvalue weighted by Gasteiger charge is -2.44. The highest BCUT2D eigenvalue weighted by atomic mass is 19.2. The summed E-state index contributed by atoms with van der Waals surface area (Å²) in [6.07, 6.45) is 1.59. The largest absolute Gasteiger partial charge is 0.422 e. The molecule has 1 amide bonds. The number of esters is 2. The lowest BCUT2D eigenvalue weighted by molar-refractivity contribution is -0.269. The van der Waals surface area contributed by atoms with E-state index in [0.717, 1.165) is 12.1 Å². The van der Waals surface area contributed by atoms with Crippen molar-refractivity contribution in [3.63, 3.8) is 0 Å². The van der Waals surface area contributed by atoms with Crippen molar-refractivity contribution in [3.05, 3.63) is 47.8 Å². The van der Waals surface area contributed by atoms with Gasteiger partial charge in [0.05, 0.1) is 24.7 Å². The average Bonchev–Trinajstić information content (AvgIpc) is 3.28. The maximum absolute atomic E-state index is 13.4. The molecule has 2 fully saturated rings. The summed E-state index contributed by atoms with van der Waals surface area (Å²) >= 11 is 0.